The van der Waals surface area contributed by atoms with Gasteiger partial charge in [0, 0.05) is 35.6 Å². The molecule has 4 aromatic carbocycles. The highest BCUT2D eigenvalue weighted by atomic mass is 16.3. The number of amides is 2. The van der Waals surface area contributed by atoms with Crippen LogP contribution in [0.5, 0.6) is 0 Å². The molecule has 4 N–H and O–H groups in total. The number of rotatable bonds is 8. The van der Waals surface area contributed by atoms with E-state index < -0.39 is 23.5 Å². The Morgan fingerprint density at radius 2 is 0.958 bits per heavy atom. The van der Waals surface area contributed by atoms with Gasteiger partial charge in [-0.3, -0.25) is 19.4 Å². The summed E-state index contributed by atoms with van der Waals surface area (Å²) >= 11 is 0. The van der Waals surface area contributed by atoms with Crippen LogP contribution in [-0.4, -0.2) is 57.0 Å². The maximum absolute atomic E-state index is 13.3. The molecule has 4 atom stereocenters. The van der Waals surface area contributed by atoms with Crippen molar-refractivity contribution in [2.24, 2.45) is 0 Å². The zero-order valence-electron chi connectivity index (χ0n) is 27.4. The summed E-state index contributed by atoms with van der Waals surface area (Å²) in [6, 6.07) is 32.8. The van der Waals surface area contributed by atoms with Gasteiger partial charge in [0.25, 0.3) is 0 Å². The standard InChI is InChI=1S/C40H42N4O4/c1-39(47,31-11-5-3-6-12-31)43-27-9-15-35(43)37(45)41-33-23-19-29(20-24-33)17-18-30-21-25-34(26-22-30)42-38(46)36-16-10-28-44(36)40(2,48)32-13-7-4-8-14-32/h3-8,11-14,19-26,35-36,47-48H,9-10,15-16,27-28H2,1-2H3,(H,41,45)(H,42,46)/t35-,36-,39-,40-/m0/s1. The van der Waals surface area contributed by atoms with Crippen molar-refractivity contribution < 1.29 is 19.8 Å². The molecule has 6 rings (SSSR count). The lowest BCUT2D eigenvalue weighted by atomic mass is 10.0. The van der Waals surface area contributed by atoms with Gasteiger partial charge in [0.15, 0.2) is 0 Å². The van der Waals surface area contributed by atoms with Crippen molar-refractivity contribution in [1.29, 1.82) is 0 Å². The van der Waals surface area contributed by atoms with E-state index in [1.807, 2.05) is 119 Å². The molecule has 0 aliphatic carbocycles. The summed E-state index contributed by atoms with van der Waals surface area (Å²) in [5.41, 5.74) is 1.97. The summed E-state index contributed by atoms with van der Waals surface area (Å²) in [7, 11) is 0. The topological polar surface area (TPSA) is 105 Å². The second kappa shape index (κ2) is 14.1. The van der Waals surface area contributed by atoms with E-state index in [4.69, 9.17) is 0 Å². The lowest BCUT2D eigenvalue weighted by Crippen LogP contribution is -2.50. The molecule has 2 heterocycles. The van der Waals surface area contributed by atoms with Crippen LogP contribution in [0.2, 0.25) is 0 Å². The molecule has 246 valence electrons. The zero-order chi connectivity index (χ0) is 33.7. The van der Waals surface area contributed by atoms with Crippen molar-refractivity contribution >= 4 is 23.2 Å². The molecule has 0 unspecified atom stereocenters. The maximum atomic E-state index is 13.3. The number of likely N-dealkylation sites (tertiary alicyclic amines) is 2. The highest BCUT2D eigenvalue weighted by Crippen LogP contribution is 2.34. The van der Waals surface area contributed by atoms with Gasteiger partial charge in [-0.25, -0.2) is 0 Å². The second-order valence-electron chi connectivity index (χ2n) is 12.9. The first-order valence-electron chi connectivity index (χ1n) is 16.6. The monoisotopic (exact) mass is 642 g/mol. The Morgan fingerprint density at radius 3 is 1.31 bits per heavy atom. The lowest BCUT2D eigenvalue weighted by Gasteiger charge is -2.38. The van der Waals surface area contributed by atoms with Crippen LogP contribution in [0.4, 0.5) is 11.4 Å². The Balaban J connectivity index is 1.04. The number of carbonyl (C=O) groups is 2. The lowest BCUT2D eigenvalue weighted by molar-refractivity contribution is -0.138. The van der Waals surface area contributed by atoms with E-state index >= 15 is 0 Å². The van der Waals surface area contributed by atoms with Crippen LogP contribution < -0.4 is 10.6 Å². The smallest absolute Gasteiger partial charge is 0.241 e. The van der Waals surface area contributed by atoms with E-state index in [1.165, 1.54) is 0 Å². The van der Waals surface area contributed by atoms with Gasteiger partial charge in [-0.05, 0) is 99.2 Å². The molecule has 2 fully saturated rings. The summed E-state index contributed by atoms with van der Waals surface area (Å²) in [6.07, 6.45) is 3.02. The maximum Gasteiger partial charge on any atom is 0.241 e. The number of hydrogen-bond donors (Lipinski definition) is 4. The second-order valence-corrected chi connectivity index (χ2v) is 12.9. The fourth-order valence-corrected chi connectivity index (χ4v) is 6.83. The largest absolute Gasteiger partial charge is 0.372 e. The minimum atomic E-state index is -1.25. The molecule has 2 saturated heterocycles. The molecule has 0 radical (unpaired) electrons. The van der Waals surface area contributed by atoms with Crippen molar-refractivity contribution in [2.75, 3.05) is 23.7 Å². The minimum Gasteiger partial charge on any atom is -0.372 e. The van der Waals surface area contributed by atoms with Gasteiger partial charge in [0.2, 0.25) is 11.8 Å². The highest BCUT2D eigenvalue weighted by Gasteiger charge is 2.43. The van der Waals surface area contributed by atoms with E-state index in [2.05, 4.69) is 22.5 Å². The summed E-state index contributed by atoms with van der Waals surface area (Å²) in [4.78, 5) is 30.2. The third-order valence-corrected chi connectivity index (χ3v) is 9.53. The van der Waals surface area contributed by atoms with Crippen molar-refractivity contribution in [3.05, 3.63) is 131 Å². The summed E-state index contributed by atoms with van der Waals surface area (Å²) < 4.78 is 0. The third kappa shape index (κ3) is 7.20. The van der Waals surface area contributed by atoms with E-state index in [-0.39, 0.29) is 11.8 Å². The molecule has 8 nitrogen and oxygen atoms in total. The Kier molecular flexibility index (Phi) is 9.76. The van der Waals surface area contributed by atoms with Crippen molar-refractivity contribution in [2.45, 2.75) is 63.1 Å². The fourth-order valence-electron chi connectivity index (χ4n) is 6.83. The van der Waals surface area contributed by atoms with Gasteiger partial charge >= 0.3 is 0 Å². The van der Waals surface area contributed by atoms with E-state index in [0.29, 0.717) is 37.3 Å². The van der Waals surface area contributed by atoms with Crippen molar-refractivity contribution in [1.82, 2.24) is 9.80 Å². The molecule has 0 spiro atoms. The number of carbonyl (C=O) groups excluding carboxylic acids is 2. The van der Waals surface area contributed by atoms with Crippen LogP contribution in [0, 0.1) is 11.8 Å². The molecule has 0 aromatic heterocycles. The fraction of sp³-hybridized carbons (Fsp3) is 0.300. The number of benzene rings is 4. The normalized spacial score (nSPS) is 20.6. The Labute approximate surface area is 282 Å². The zero-order valence-corrected chi connectivity index (χ0v) is 27.4. The number of nitrogens with one attached hydrogen (secondary N) is 2. The van der Waals surface area contributed by atoms with Crippen LogP contribution in [0.15, 0.2) is 109 Å². The quantitative estimate of drug-likeness (QED) is 0.186. The first kappa shape index (κ1) is 33.1. The molecule has 48 heavy (non-hydrogen) atoms. The van der Waals surface area contributed by atoms with Gasteiger partial charge in [-0.15, -0.1) is 0 Å². The third-order valence-electron chi connectivity index (χ3n) is 9.53. The number of anilines is 2. The summed E-state index contributed by atoms with van der Waals surface area (Å²) in [5.74, 6) is 6.03. The minimum absolute atomic E-state index is 0.142. The van der Waals surface area contributed by atoms with Crippen LogP contribution in [0.25, 0.3) is 0 Å². The predicted octanol–water partition coefficient (Wildman–Crippen LogP) is 5.62. The first-order chi connectivity index (χ1) is 23.1. The van der Waals surface area contributed by atoms with Crippen LogP contribution in [0.3, 0.4) is 0 Å². The molecule has 2 aliphatic heterocycles. The molecule has 0 bridgehead atoms. The molecule has 4 aromatic rings. The Bertz CT molecular complexity index is 1650. The number of hydrogen-bond acceptors (Lipinski definition) is 6. The Hall–Kier alpha value is -4.78. The number of aliphatic hydroxyl groups is 2. The van der Waals surface area contributed by atoms with Crippen molar-refractivity contribution in [3.63, 3.8) is 0 Å². The van der Waals surface area contributed by atoms with Crippen LogP contribution in [-0.2, 0) is 21.0 Å². The van der Waals surface area contributed by atoms with E-state index in [9.17, 15) is 19.8 Å². The highest BCUT2D eigenvalue weighted by molar-refractivity contribution is 5.95. The molecule has 8 heteroatoms. The summed E-state index contributed by atoms with van der Waals surface area (Å²) in [6.45, 7) is 4.76. The van der Waals surface area contributed by atoms with Gasteiger partial charge in [0.1, 0.15) is 11.4 Å². The van der Waals surface area contributed by atoms with E-state index in [0.717, 1.165) is 35.1 Å². The predicted molar refractivity (Wildman–Crippen MR) is 188 cm³/mol. The average Bonchev–Trinajstić information content (AvgIpc) is 3.82. The first-order valence-corrected chi connectivity index (χ1v) is 16.6. The molecule has 2 amide bonds. The van der Waals surface area contributed by atoms with Crippen LogP contribution in [0.1, 0.15) is 61.8 Å². The van der Waals surface area contributed by atoms with Gasteiger partial charge in [-0.1, -0.05) is 72.5 Å². The molecule has 0 saturated carbocycles. The van der Waals surface area contributed by atoms with Crippen LogP contribution >= 0.6 is 0 Å². The van der Waals surface area contributed by atoms with Gasteiger partial charge < -0.3 is 20.8 Å². The molecular formula is C40H42N4O4. The van der Waals surface area contributed by atoms with Gasteiger partial charge in [-0.2, -0.15) is 0 Å². The molecule has 2 aliphatic rings. The van der Waals surface area contributed by atoms with Gasteiger partial charge in [0.05, 0.1) is 12.1 Å². The number of nitrogens with zero attached hydrogens (tertiary/aromatic N) is 2. The molecular weight excluding hydrogens is 600 g/mol. The summed E-state index contributed by atoms with van der Waals surface area (Å²) in [5, 5.41) is 28.7. The van der Waals surface area contributed by atoms with Crippen molar-refractivity contribution in [3.8, 4) is 11.8 Å². The SMILES string of the molecule is C[C@](O)(c1ccccc1)N1CCC[C@H]1C(=O)Nc1ccc(C#Cc2ccc(NC(=O)[C@@H]3CCCN3[C@@](C)(O)c3ccccc3)cc2)cc1. The Morgan fingerprint density at radius 1 is 0.604 bits per heavy atom. The average molecular weight is 643 g/mol. The van der Waals surface area contributed by atoms with E-state index in [1.54, 1.807) is 13.8 Å².